The second-order valence-corrected chi connectivity index (χ2v) is 17.2. The van der Waals surface area contributed by atoms with Gasteiger partial charge >= 0.3 is 5.97 Å². The van der Waals surface area contributed by atoms with Gasteiger partial charge in [0.1, 0.15) is 6.04 Å². The maximum Gasteiger partial charge on any atom is 0.313 e. The van der Waals surface area contributed by atoms with Crippen molar-refractivity contribution in [3.63, 3.8) is 0 Å². The Labute approximate surface area is 465 Å². The largest absolute Gasteiger partial charge is 0.502 e. The first-order valence-corrected chi connectivity index (χ1v) is 26.2. The summed E-state index contributed by atoms with van der Waals surface area (Å²) in [7, 11) is 0. The number of halogens is 3. The monoisotopic (exact) mass is 1160 g/mol. The molecular formula is C51H72F3N7O20. The number of phenols is 1. The second-order valence-electron chi connectivity index (χ2n) is 17.2. The minimum absolute atomic E-state index is 0.0149. The molecule has 9 amide bonds. The number of carbonyl (C=O) groups is 10. The van der Waals surface area contributed by atoms with Gasteiger partial charge in [-0.15, -0.1) is 0 Å². The third-order valence-electron chi connectivity index (χ3n) is 11.1. The first-order chi connectivity index (χ1) is 39.1. The topological polar surface area (TPSA) is 341 Å². The van der Waals surface area contributed by atoms with Crippen LogP contribution in [0.25, 0.3) is 0 Å². The molecule has 27 nitrogen and oxygen atoms in total. The molecule has 1 aromatic rings. The highest BCUT2D eigenvalue weighted by atomic mass is 19.2. The second kappa shape index (κ2) is 41.1. The van der Waals surface area contributed by atoms with Crippen LogP contribution in [0.4, 0.5) is 13.2 Å². The van der Waals surface area contributed by atoms with Crippen LogP contribution < -0.4 is 31.3 Å². The van der Waals surface area contributed by atoms with E-state index in [2.05, 4.69) is 31.3 Å². The fourth-order valence-electron chi connectivity index (χ4n) is 6.84. The van der Waals surface area contributed by atoms with E-state index in [1.54, 1.807) is 0 Å². The van der Waals surface area contributed by atoms with E-state index in [0.717, 1.165) is 34.1 Å². The molecule has 6 N–H and O–H groups in total. The predicted octanol–water partition coefficient (Wildman–Crippen LogP) is -1.23. The molecule has 0 aliphatic carbocycles. The fourth-order valence-corrected chi connectivity index (χ4v) is 6.84. The Morgan fingerprint density at radius 1 is 0.457 bits per heavy atom. The van der Waals surface area contributed by atoms with Crippen LogP contribution in [-0.2, 0) is 85.8 Å². The number of rotatable bonds is 47. The number of aromatic hydroxyl groups is 1. The quantitative estimate of drug-likeness (QED) is 0.0146. The standard InChI is InChI=1S/C51H72F3N7O20/c52-36-35-37(53)49(71)50(48(36)54)81-47(70)12-21-75-27-31-79-33-34-80-32-30-78-24-16-58-51(72)38(59-42(65)11-20-74-26-29-77-23-15-57-40(63)9-18-61-45(68)6-7-46(61)69)3-1-2-13-55-41(64)10-19-73-25-28-76-22-14-56-39(62)8-17-60-43(66)4-5-44(60)67/h4-7,35,38,71H,1-3,8-34H2,(H,55,64)(H,56,62)(H,57,63)(H,58,72)(H,59,65)/t38-/m0/s1. The smallest absolute Gasteiger partial charge is 0.313 e. The van der Waals surface area contributed by atoms with Gasteiger partial charge in [-0.3, -0.25) is 57.7 Å². The number of nitrogens with zero attached hydrogens (tertiary/aromatic N) is 2. The number of amides is 9. The number of phenolic OH excluding ortho intramolecular Hbond substituents is 1. The molecule has 0 saturated carbocycles. The summed E-state index contributed by atoms with van der Waals surface area (Å²) in [5.41, 5.74) is 0. The van der Waals surface area contributed by atoms with Gasteiger partial charge in [0.25, 0.3) is 23.6 Å². The molecule has 0 bridgehead atoms. The van der Waals surface area contributed by atoms with E-state index < -0.39 is 82.8 Å². The van der Waals surface area contributed by atoms with Crippen LogP contribution in [0, 0.1) is 17.5 Å². The SMILES string of the molecule is O=C(CCOCCOCCNC(=O)CCN1C(=O)C=CC1=O)NCCCC[C@H](NC(=O)CCOCCOCCNC(=O)CCN1C(=O)C=CC1=O)C(=O)NCCOCCOCCOCCOCCC(=O)Oc1c(O)c(F)cc(F)c1F. The van der Waals surface area contributed by atoms with Crippen LogP contribution in [0.5, 0.6) is 11.5 Å². The summed E-state index contributed by atoms with van der Waals surface area (Å²) < 4.78 is 88.4. The molecule has 0 aromatic heterocycles. The normalized spacial score (nSPS) is 13.3. The van der Waals surface area contributed by atoms with Crippen molar-refractivity contribution < 1.29 is 109 Å². The molecular weight excluding hydrogens is 1090 g/mol. The molecule has 452 valence electrons. The molecule has 0 unspecified atom stereocenters. The van der Waals surface area contributed by atoms with Crippen molar-refractivity contribution in [2.45, 2.75) is 57.4 Å². The minimum Gasteiger partial charge on any atom is -0.502 e. The number of hydrogen-bond acceptors (Lipinski definition) is 20. The van der Waals surface area contributed by atoms with Gasteiger partial charge in [0.15, 0.2) is 17.4 Å². The fraction of sp³-hybridized carbons (Fsp3) is 0.608. The molecule has 0 spiro atoms. The van der Waals surface area contributed by atoms with Gasteiger partial charge in [0.05, 0.1) is 112 Å². The molecule has 2 aliphatic rings. The predicted molar refractivity (Wildman–Crippen MR) is 273 cm³/mol. The van der Waals surface area contributed by atoms with Crippen LogP contribution in [0.15, 0.2) is 30.4 Å². The van der Waals surface area contributed by atoms with E-state index in [9.17, 15) is 66.2 Å². The first-order valence-electron chi connectivity index (χ1n) is 26.2. The number of hydrogen-bond donors (Lipinski definition) is 6. The minimum atomic E-state index is -1.71. The number of ether oxygens (including phenoxy) is 9. The van der Waals surface area contributed by atoms with Gasteiger partial charge in [0.2, 0.25) is 41.1 Å². The van der Waals surface area contributed by atoms with Crippen LogP contribution in [0.1, 0.15) is 51.4 Å². The van der Waals surface area contributed by atoms with Crippen LogP contribution >= 0.6 is 0 Å². The van der Waals surface area contributed by atoms with E-state index >= 15 is 0 Å². The van der Waals surface area contributed by atoms with Gasteiger partial charge < -0.3 is 74.3 Å². The van der Waals surface area contributed by atoms with Crippen molar-refractivity contribution in [3.05, 3.63) is 47.8 Å². The van der Waals surface area contributed by atoms with E-state index in [0.29, 0.717) is 19.4 Å². The third kappa shape index (κ3) is 29.9. The summed E-state index contributed by atoms with van der Waals surface area (Å²) in [6, 6.07) is -0.795. The number of benzene rings is 1. The maximum atomic E-state index is 13.8. The highest BCUT2D eigenvalue weighted by Gasteiger charge is 2.26. The number of carbonyl (C=O) groups excluding carboxylic acids is 10. The van der Waals surface area contributed by atoms with Gasteiger partial charge in [-0.1, -0.05) is 0 Å². The number of unbranched alkanes of at least 4 members (excludes halogenated alkanes) is 1. The van der Waals surface area contributed by atoms with Gasteiger partial charge in [-0.05, 0) is 19.3 Å². The average molecular weight is 1160 g/mol. The Morgan fingerprint density at radius 3 is 1.31 bits per heavy atom. The lowest BCUT2D eigenvalue weighted by Crippen LogP contribution is -2.47. The Balaban J connectivity index is 1.23. The number of nitrogens with one attached hydrogen (secondary N) is 5. The lowest BCUT2D eigenvalue weighted by Gasteiger charge is -2.19. The molecule has 0 fully saturated rings. The maximum absolute atomic E-state index is 13.8. The Hall–Kier alpha value is -6.93. The van der Waals surface area contributed by atoms with Crippen molar-refractivity contribution >= 4 is 59.1 Å². The molecule has 0 radical (unpaired) electrons. The van der Waals surface area contributed by atoms with Crippen molar-refractivity contribution in [2.75, 3.05) is 145 Å². The van der Waals surface area contributed by atoms with Crippen LogP contribution in [0.2, 0.25) is 0 Å². The van der Waals surface area contributed by atoms with Gasteiger partial charge in [-0.25, -0.2) is 8.78 Å². The Kier molecular flexibility index (Phi) is 34.7. The zero-order chi connectivity index (χ0) is 59.0. The Morgan fingerprint density at radius 2 is 0.840 bits per heavy atom. The number of imide groups is 2. The molecule has 30 heteroatoms. The number of esters is 1. The zero-order valence-electron chi connectivity index (χ0n) is 44.9. The molecule has 2 aliphatic heterocycles. The van der Waals surface area contributed by atoms with Crippen molar-refractivity contribution in [1.82, 2.24) is 36.4 Å². The summed E-state index contributed by atoms with van der Waals surface area (Å²) in [6.07, 6.45) is 5.35. The lowest BCUT2D eigenvalue weighted by molar-refractivity contribution is -0.139. The molecule has 0 saturated heterocycles. The molecule has 3 rings (SSSR count). The highest BCUT2D eigenvalue weighted by Crippen LogP contribution is 2.34. The van der Waals surface area contributed by atoms with Crippen molar-refractivity contribution in [2.24, 2.45) is 0 Å². The highest BCUT2D eigenvalue weighted by molar-refractivity contribution is 6.13. The van der Waals surface area contributed by atoms with Gasteiger partial charge in [-0.2, -0.15) is 4.39 Å². The molecule has 1 aromatic carbocycles. The summed E-state index contributed by atoms with van der Waals surface area (Å²) in [5, 5.41) is 23.0. The van der Waals surface area contributed by atoms with E-state index in [4.69, 9.17) is 37.9 Å². The first kappa shape index (κ1) is 68.3. The molecule has 1 atom stereocenters. The van der Waals surface area contributed by atoms with E-state index in [1.807, 2.05) is 0 Å². The zero-order valence-corrected chi connectivity index (χ0v) is 44.9. The van der Waals surface area contributed by atoms with Crippen LogP contribution in [-0.4, -0.2) is 225 Å². The summed E-state index contributed by atoms with van der Waals surface area (Å²) in [4.78, 5) is 123. The lowest BCUT2D eigenvalue weighted by atomic mass is 10.1. The molecule has 2 heterocycles. The van der Waals surface area contributed by atoms with Crippen LogP contribution in [0.3, 0.4) is 0 Å². The summed E-state index contributed by atoms with van der Waals surface area (Å²) in [5.74, 6) is -12.2. The molecule has 81 heavy (non-hydrogen) atoms. The van der Waals surface area contributed by atoms with Crippen molar-refractivity contribution in [3.8, 4) is 11.5 Å². The van der Waals surface area contributed by atoms with E-state index in [-0.39, 0.29) is 194 Å². The third-order valence-corrected chi connectivity index (χ3v) is 11.1. The summed E-state index contributed by atoms with van der Waals surface area (Å²) in [6.45, 7) is 3.05. The van der Waals surface area contributed by atoms with Crippen molar-refractivity contribution in [1.29, 1.82) is 0 Å². The Bertz CT molecular complexity index is 2220. The average Bonchev–Trinajstić information content (AvgIpc) is 3.96. The van der Waals surface area contributed by atoms with Gasteiger partial charge in [0, 0.05) is 95.3 Å². The summed E-state index contributed by atoms with van der Waals surface area (Å²) >= 11 is 0. The van der Waals surface area contributed by atoms with E-state index in [1.165, 1.54) is 0 Å².